The highest BCUT2D eigenvalue weighted by molar-refractivity contribution is 5.30. The molecular weight excluding hydrogens is 250 g/mol. The van der Waals surface area contributed by atoms with Crippen molar-refractivity contribution in [2.75, 3.05) is 6.54 Å². The molecule has 0 spiro atoms. The first kappa shape index (κ1) is 14.8. The Morgan fingerprint density at radius 3 is 2.65 bits per heavy atom. The van der Waals surface area contributed by atoms with Crippen LogP contribution in [0.4, 0.5) is 0 Å². The summed E-state index contributed by atoms with van der Waals surface area (Å²) < 4.78 is 1.86. The van der Waals surface area contributed by atoms with Gasteiger partial charge in [-0.15, -0.1) is 0 Å². The Balaban J connectivity index is 1.91. The molecule has 1 aromatic heterocycles. The Labute approximate surface area is 120 Å². The molecule has 2 N–H and O–H groups in total. The Morgan fingerprint density at radius 1 is 1.30 bits per heavy atom. The van der Waals surface area contributed by atoms with Gasteiger partial charge < -0.3 is 10.4 Å². The van der Waals surface area contributed by atoms with Crippen LogP contribution in [0.3, 0.4) is 0 Å². The molecule has 0 amide bonds. The van der Waals surface area contributed by atoms with E-state index in [9.17, 15) is 5.11 Å². The van der Waals surface area contributed by atoms with Gasteiger partial charge in [-0.3, -0.25) is 0 Å². The lowest BCUT2D eigenvalue weighted by atomic mass is 9.92. The van der Waals surface area contributed by atoms with Crippen molar-refractivity contribution in [1.29, 1.82) is 0 Å². The fourth-order valence-electron chi connectivity index (χ4n) is 1.84. The maximum atomic E-state index is 10.2. The Kier molecular flexibility index (Phi) is 4.57. The summed E-state index contributed by atoms with van der Waals surface area (Å²) in [6, 6.07) is 10.0. The number of hydrogen-bond donors (Lipinski definition) is 2. The highest BCUT2D eigenvalue weighted by Crippen LogP contribution is 2.14. The van der Waals surface area contributed by atoms with Crippen molar-refractivity contribution in [3.63, 3.8) is 0 Å². The lowest BCUT2D eigenvalue weighted by Crippen LogP contribution is -2.41. The van der Waals surface area contributed by atoms with Gasteiger partial charge in [0.05, 0.1) is 17.5 Å². The van der Waals surface area contributed by atoms with Crippen LogP contribution in [0.1, 0.15) is 26.3 Å². The molecule has 1 unspecified atom stereocenters. The molecule has 0 aliphatic rings. The lowest BCUT2D eigenvalue weighted by molar-refractivity contribution is 0.0140. The zero-order chi connectivity index (χ0) is 14.6. The summed E-state index contributed by atoms with van der Waals surface area (Å²) >= 11 is 0. The molecule has 0 saturated carbocycles. The molecule has 108 valence electrons. The van der Waals surface area contributed by atoms with E-state index in [1.54, 1.807) is 0 Å². The topological polar surface area (TPSA) is 50.1 Å². The number of aliphatic hydroxyl groups is 1. The van der Waals surface area contributed by atoms with Gasteiger partial charge in [-0.05, 0) is 25.0 Å². The predicted octanol–water partition coefficient (Wildman–Crippen LogP) is 2.37. The minimum Gasteiger partial charge on any atom is -0.389 e. The van der Waals surface area contributed by atoms with Crippen LogP contribution in [0.25, 0.3) is 5.69 Å². The maximum Gasteiger partial charge on any atom is 0.0766 e. The van der Waals surface area contributed by atoms with Crippen LogP contribution >= 0.6 is 0 Å². The first-order chi connectivity index (χ1) is 9.49. The van der Waals surface area contributed by atoms with E-state index in [1.165, 1.54) is 0 Å². The summed E-state index contributed by atoms with van der Waals surface area (Å²) in [7, 11) is 0. The Bertz CT molecular complexity index is 532. The van der Waals surface area contributed by atoms with E-state index in [-0.39, 0.29) is 5.92 Å². The average molecular weight is 273 g/mol. The summed E-state index contributed by atoms with van der Waals surface area (Å²) in [5, 5.41) is 17.8. The van der Waals surface area contributed by atoms with Crippen molar-refractivity contribution >= 4 is 0 Å². The molecule has 0 radical (unpaired) electrons. The first-order valence-electron chi connectivity index (χ1n) is 7.01. The molecule has 20 heavy (non-hydrogen) atoms. The van der Waals surface area contributed by atoms with E-state index >= 15 is 0 Å². The molecule has 4 heteroatoms. The molecule has 0 aliphatic heterocycles. The van der Waals surface area contributed by atoms with Crippen molar-refractivity contribution in [3.8, 4) is 5.69 Å². The third-order valence-electron chi connectivity index (χ3n) is 3.71. The summed E-state index contributed by atoms with van der Waals surface area (Å²) in [6.07, 6.45) is 3.86. The fourth-order valence-corrected chi connectivity index (χ4v) is 1.84. The van der Waals surface area contributed by atoms with Gasteiger partial charge in [0.25, 0.3) is 0 Å². The average Bonchev–Trinajstić information content (AvgIpc) is 2.88. The minimum absolute atomic E-state index is 0.224. The van der Waals surface area contributed by atoms with Crippen LogP contribution in [-0.4, -0.2) is 27.0 Å². The number of nitrogens with one attached hydrogen (secondary N) is 1. The van der Waals surface area contributed by atoms with Gasteiger partial charge in [0.2, 0.25) is 0 Å². The second-order valence-electron chi connectivity index (χ2n) is 5.74. The number of hydrogen-bond acceptors (Lipinski definition) is 3. The van der Waals surface area contributed by atoms with Crippen molar-refractivity contribution in [3.05, 3.63) is 48.3 Å². The van der Waals surface area contributed by atoms with Gasteiger partial charge in [0, 0.05) is 24.8 Å². The van der Waals surface area contributed by atoms with Crippen molar-refractivity contribution in [2.45, 2.75) is 32.9 Å². The number of benzene rings is 1. The quantitative estimate of drug-likeness (QED) is 0.849. The van der Waals surface area contributed by atoms with Gasteiger partial charge >= 0.3 is 0 Å². The summed E-state index contributed by atoms with van der Waals surface area (Å²) in [4.78, 5) is 0. The van der Waals surface area contributed by atoms with Gasteiger partial charge in [0.15, 0.2) is 0 Å². The van der Waals surface area contributed by atoms with Crippen LogP contribution in [0, 0.1) is 5.92 Å². The predicted molar refractivity (Wildman–Crippen MR) is 80.7 cm³/mol. The number of nitrogens with zero attached hydrogens (tertiary/aromatic N) is 2. The van der Waals surface area contributed by atoms with Crippen LogP contribution < -0.4 is 5.32 Å². The second-order valence-corrected chi connectivity index (χ2v) is 5.74. The Hall–Kier alpha value is -1.65. The van der Waals surface area contributed by atoms with Gasteiger partial charge in [0.1, 0.15) is 0 Å². The third kappa shape index (κ3) is 3.68. The number of para-hydroxylation sites is 1. The van der Waals surface area contributed by atoms with Crippen LogP contribution in [0.15, 0.2) is 42.7 Å². The zero-order valence-corrected chi connectivity index (χ0v) is 12.4. The highest BCUT2D eigenvalue weighted by atomic mass is 16.3. The van der Waals surface area contributed by atoms with Crippen molar-refractivity contribution < 1.29 is 5.11 Å². The molecule has 0 saturated heterocycles. The molecule has 1 atom stereocenters. The number of aromatic nitrogens is 2. The second kappa shape index (κ2) is 6.20. The van der Waals surface area contributed by atoms with E-state index in [1.807, 2.05) is 68.2 Å². The number of rotatable bonds is 6. The maximum absolute atomic E-state index is 10.2. The summed E-state index contributed by atoms with van der Waals surface area (Å²) in [5.41, 5.74) is 1.47. The van der Waals surface area contributed by atoms with E-state index in [2.05, 4.69) is 10.4 Å². The Morgan fingerprint density at radius 2 is 2.00 bits per heavy atom. The molecule has 2 aromatic rings. The van der Waals surface area contributed by atoms with E-state index in [0.29, 0.717) is 13.1 Å². The van der Waals surface area contributed by atoms with Gasteiger partial charge in [-0.1, -0.05) is 32.0 Å². The summed E-state index contributed by atoms with van der Waals surface area (Å²) in [6.45, 7) is 7.18. The van der Waals surface area contributed by atoms with Crippen molar-refractivity contribution in [2.24, 2.45) is 5.92 Å². The van der Waals surface area contributed by atoms with E-state index < -0.39 is 5.60 Å². The van der Waals surface area contributed by atoms with Crippen molar-refractivity contribution in [1.82, 2.24) is 15.1 Å². The molecular formula is C16H23N3O. The molecule has 2 rings (SSSR count). The smallest absolute Gasteiger partial charge is 0.0766 e. The highest BCUT2D eigenvalue weighted by Gasteiger charge is 2.23. The molecule has 0 bridgehead atoms. The molecule has 0 aliphatic carbocycles. The van der Waals surface area contributed by atoms with Crippen LogP contribution in [-0.2, 0) is 6.54 Å². The van der Waals surface area contributed by atoms with Crippen LogP contribution in [0.5, 0.6) is 0 Å². The SMILES string of the molecule is CC(C)C(C)(O)CNCc1cnn(-c2ccccc2)c1. The van der Waals surface area contributed by atoms with Gasteiger partial charge in [-0.2, -0.15) is 5.10 Å². The van der Waals surface area contributed by atoms with Gasteiger partial charge in [-0.25, -0.2) is 4.68 Å². The van der Waals surface area contributed by atoms with E-state index in [0.717, 1.165) is 11.3 Å². The molecule has 1 heterocycles. The first-order valence-corrected chi connectivity index (χ1v) is 7.01. The lowest BCUT2D eigenvalue weighted by Gasteiger charge is -2.27. The van der Waals surface area contributed by atoms with Crippen LogP contribution in [0.2, 0.25) is 0 Å². The normalized spacial score (nSPS) is 14.4. The zero-order valence-electron chi connectivity index (χ0n) is 12.4. The standard InChI is InChI=1S/C16H23N3O/c1-13(2)16(3,20)12-17-9-14-10-18-19(11-14)15-7-5-4-6-8-15/h4-8,10-11,13,17,20H,9,12H2,1-3H3. The monoisotopic (exact) mass is 273 g/mol. The van der Waals surface area contributed by atoms with E-state index in [4.69, 9.17) is 0 Å². The fraction of sp³-hybridized carbons (Fsp3) is 0.438. The molecule has 0 fully saturated rings. The molecule has 4 nitrogen and oxygen atoms in total. The minimum atomic E-state index is -0.685. The third-order valence-corrected chi connectivity index (χ3v) is 3.71. The summed E-state index contributed by atoms with van der Waals surface area (Å²) in [5.74, 6) is 0.224. The largest absolute Gasteiger partial charge is 0.389 e. The molecule has 1 aromatic carbocycles.